The summed E-state index contributed by atoms with van der Waals surface area (Å²) in [6.45, 7) is 2.00. The zero-order valence-corrected chi connectivity index (χ0v) is 12.7. The highest BCUT2D eigenvalue weighted by Crippen LogP contribution is 2.28. The Morgan fingerprint density at radius 2 is 1.91 bits per heavy atom. The highest BCUT2D eigenvalue weighted by molar-refractivity contribution is 6.30. The molecule has 0 unspecified atom stereocenters. The average Bonchev–Trinajstić information content (AvgIpc) is 2.71. The molecule has 22 heavy (non-hydrogen) atoms. The number of carbonyl (C=O) groups excluding carboxylic acids is 1. The summed E-state index contributed by atoms with van der Waals surface area (Å²) in [4.78, 5) is 12.4. The minimum absolute atomic E-state index is 0.198. The van der Waals surface area contributed by atoms with Crippen molar-refractivity contribution in [3.8, 4) is 5.75 Å². The molecule has 1 aliphatic heterocycles. The predicted octanol–water partition coefficient (Wildman–Crippen LogP) is 4.58. The summed E-state index contributed by atoms with van der Waals surface area (Å²) in [6, 6.07) is 12.9. The molecule has 0 spiro atoms. The van der Waals surface area contributed by atoms with Gasteiger partial charge in [0.05, 0.1) is 6.26 Å². The van der Waals surface area contributed by atoms with E-state index in [4.69, 9.17) is 16.3 Å². The Morgan fingerprint density at radius 3 is 2.68 bits per heavy atom. The number of amides is 1. The summed E-state index contributed by atoms with van der Waals surface area (Å²) in [7, 11) is 0. The van der Waals surface area contributed by atoms with Gasteiger partial charge >= 0.3 is 0 Å². The van der Waals surface area contributed by atoms with Gasteiger partial charge in [0.1, 0.15) is 5.75 Å². The molecule has 0 bridgehead atoms. The Labute approximate surface area is 133 Å². The Kier molecular flexibility index (Phi) is 3.98. The maximum absolute atomic E-state index is 12.4. The summed E-state index contributed by atoms with van der Waals surface area (Å²) in [5, 5.41) is 3.46. The molecule has 2 aromatic carbocycles. The van der Waals surface area contributed by atoms with E-state index >= 15 is 0 Å². The summed E-state index contributed by atoms with van der Waals surface area (Å²) >= 11 is 6.00. The standard InChI is InChI=1S/C18H14ClNO2/c1-12-2-5-16(6-3-12)20-18(21)13-8-9-22-17-7-4-15(19)11-14(17)10-13/h2-11H,1H3,(H,20,21). The van der Waals surface area contributed by atoms with Crippen molar-refractivity contribution >= 4 is 29.3 Å². The van der Waals surface area contributed by atoms with Crippen LogP contribution in [0.25, 0.3) is 6.08 Å². The molecule has 0 atom stereocenters. The Bertz CT molecular complexity index is 776. The third-order valence-electron chi connectivity index (χ3n) is 3.30. The van der Waals surface area contributed by atoms with Gasteiger partial charge in [-0.2, -0.15) is 0 Å². The van der Waals surface area contributed by atoms with Crippen LogP contribution in [-0.2, 0) is 4.79 Å². The molecule has 1 N–H and O–H groups in total. The first kappa shape index (κ1) is 14.4. The van der Waals surface area contributed by atoms with E-state index in [-0.39, 0.29) is 5.91 Å². The van der Waals surface area contributed by atoms with Crippen LogP contribution in [0.3, 0.4) is 0 Å². The lowest BCUT2D eigenvalue weighted by Crippen LogP contribution is -2.13. The topological polar surface area (TPSA) is 38.3 Å². The Hall–Kier alpha value is -2.52. The lowest BCUT2D eigenvalue weighted by Gasteiger charge is -2.06. The first-order chi connectivity index (χ1) is 10.6. The van der Waals surface area contributed by atoms with E-state index in [1.54, 1.807) is 30.4 Å². The quantitative estimate of drug-likeness (QED) is 0.881. The minimum atomic E-state index is -0.198. The van der Waals surface area contributed by atoms with E-state index < -0.39 is 0 Å². The number of carbonyl (C=O) groups is 1. The SMILES string of the molecule is Cc1ccc(NC(=O)C2=Cc3cc(Cl)ccc3OC=C2)cc1. The monoisotopic (exact) mass is 311 g/mol. The van der Waals surface area contributed by atoms with Gasteiger partial charge in [0.25, 0.3) is 5.91 Å². The van der Waals surface area contributed by atoms with E-state index in [2.05, 4.69) is 5.32 Å². The van der Waals surface area contributed by atoms with Crippen molar-refractivity contribution in [3.63, 3.8) is 0 Å². The van der Waals surface area contributed by atoms with E-state index in [0.717, 1.165) is 16.8 Å². The molecule has 110 valence electrons. The van der Waals surface area contributed by atoms with Gasteiger partial charge in [0, 0.05) is 21.8 Å². The molecular weight excluding hydrogens is 298 g/mol. The number of aryl methyl sites for hydroxylation is 1. The molecule has 4 heteroatoms. The number of halogens is 1. The highest BCUT2D eigenvalue weighted by atomic mass is 35.5. The molecule has 0 aromatic heterocycles. The fraction of sp³-hybridized carbons (Fsp3) is 0.0556. The zero-order chi connectivity index (χ0) is 15.5. The van der Waals surface area contributed by atoms with Crippen molar-refractivity contribution < 1.29 is 9.53 Å². The molecule has 0 fully saturated rings. The largest absolute Gasteiger partial charge is 0.464 e. The van der Waals surface area contributed by atoms with E-state index in [1.807, 2.05) is 31.2 Å². The number of nitrogens with one attached hydrogen (secondary N) is 1. The van der Waals surface area contributed by atoms with Gasteiger partial charge in [-0.25, -0.2) is 0 Å². The zero-order valence-electron chi connectivity index (χ0n) is 12.0. The summed E-state index contributed by atoms with van der Waals surface area (Å²) in [5.41, 5.74) is 3.16. The summed E-state index contributed by atoms with van der Waals surface area (Å²) < 4.78 is 5.48. The number of benzene rings is 2. The maximum atomic E-state index is 12.4. The predicted molar refractivity (Wildman–Crippen MR) is 89.0 cm³/mol. The van der Waals surface area contributed by atoms with Gasteiger partial charge < -0.3 is 10.1 Å². The molecule has 0 radical (unpaired) electrons. The lowest BCUT2D eigenvalue weighted by atomic mass is 10.1. The molecule has 3 nitrogen and oxygen atoms in total. The first-order valence-electron chi connectivity index (χ1n) is 6.84. The first-order valence-corrected chi connectivity index (χ1v) is 7.22. The molecule has 0 saturated heterocycles. The number of hydrogen-bond acceptors (Lipinski definition) is 2. The lowest BCUT2D eigenvalue weighted by molar-refractivity contribution is -0.112. The van der Waals surface area contributed by atoms with Crippen LogP contribution in [0, 0.1) is 6.92 Å². The van der Waals surface area contributed by atoms with E-state index in [0.29, 0.717) is 16.3 Å². The minimum Gasteiger partial charge on any atom is -0.464 e. The normalized spacial score (nSPS) is 12.7. The van der Waals surface area contributed by atoms with Crippen LogP contribution in [-0.4, -0.2) is 5.91 Å². The van der Waals surface area contributed by atoms with Crippen LogP contribution in [0.2, 0.25) is 5.02 Å². The van der Waals surface area contributed by atoms with Crippen LogP contribution >= 0.6 is 11.6 Å². The second kappa shape index (κ2) is 6.08. The molecule has 1 amide bonds. The summed E-state index contributed by atoms with van der Waals surface area (Å²) in [5.74, 6) is 0.468. The fourth-order valence-electron chi connectivity index (χ4n) is 2.12. The van der Waals surface area contributed by atoms with E-state index in [9.17, 15) is 4.79 Å². The van der Waals surface area contributed by atoms with Crippen molar-refractivity contribution in [1.82, 2.24) is 0 Å². The number of hydrogen-bond donors (Lipinski definition) is 1. The molecular formula is C18H14ClNO2. The van der Waals surface area contributed by atoms with Crippen molar-refractivity contribution in [3.05, 3.63) is 76.5 Å². The number of anilines is 1. The summed E-state index contributed by atoms with van der Waals surface area (Å²) in [6.07, 6.45) is 4.89. The van der Waals surface area contributed by atoms with Crippen LogP contribution in [0.1, 0.15) is 11.1 Å². The molecule has 1 aliphatic rings. The van der Waals surface area contributed by atoms with Gasteiger partial charge in [-0.05, 0) is 49.4 Å². The highest BCUT2D eigenvalue weighted by Gasteiger charge is 2.12. The van der Waals surface area contributed by atoms with Crippen LogP contribution in [0.5, 0.6) is 5.75 Å². The second-order valence-electron chi connectivity index (χ2n) is 5.02. The van der Waals surface area contributed by atoms with Crippen molar-refractivity contribution in [2.45, 2.75) is 6.92 Å². The van der Waals surface area contributed by atoms with Crippen molar-refractivity contribution in [2.75, 3.05) is 5.32 Å². The van der Waals surface area contributed by atoms with Gasteiger partial charge in [0.15, 0.2) is 0 Å². The molecule has 3 rings (SSSR count). The van der Waals surface area contributed by atoms with E-state index in [1.165, 1.54) is 6.26 Å². The number of rotatable bonds is 2. The Balaban J connectivity index is 1.86. The smallest absolute Gasteiger partial charge is 0.255 e. The third kappa shape index (κ3) is 3.21. The maximum Gasteiger partial charge on any atom is 0.255 e. The van der Waals surface area contributed by atoms with Crippen molar-refractivity contribution in [1.29, 1.82) is 0 Å². The average molecular weight is 312 g/mol. The number of fused-ring (bicyclic) bond motifs is 1. The van der Waals surface area contributed by atoms with Crippen LogP contribution in [0.15, 0.2) is 60.4 Å². The third-order valence-corrected chi connectivity index (χ3v) is 3.53. The Morgan fingerprint density at radius 1 is 1.14 bits per heavy atom. The molecule has 0 aliphatic carbocycles. The second-order valence-corrected chi connectivity index (χ2v) is 5.46. The molecule has 1 heterocycles. The molecule has 2 aromatic rings. The van der Waals surface area contributed by atoms with Crippen molar-refractivity contribution in [2.24, 2.45) is 0 Å². The van der Waals surface area contributed by atoms with Gasteiger partial charge in [0.2, 0.25) is 0 Å². The number of ether oxygens (including phenoxy) is 1. The molecule has 0 saturated carbocycles. The van der Waals surface area contributed by atoms with Crippen LogP contribution < -0.4 is 10.1 Å². The van der Waals surface area contributed by atoms with Gasteiger partial charge in [-0.1, -0.05) is 29.3 Å². The fourth-order valence-corrected chi connectivity index (χ4v) is 2.30. The van der Waals surface area contributed by atoms with Gasteiger partial charge in [-0.15, -0.1) is 0 Å². The van der Waals surface area contributed by atoms with Crippen LogP contribution in [0.4, 0.5) is 5.69 Å². The van der Waals surface area contributed by atoms with Gasteiger partial charge in [-0.3, -0.25) is 4.79 Å².